The summed E-state index contributed by atoms with van der Waals surface area (Å²) in [5.74, 6) is -0.223. The molecule has 0 bridgehead atoms. The van der Waals surface area contributed by atoms with Crippen LogP contribution in [0.3, 0.4) is 0 Å². The van der Waals surface area contributed by atoms with Crippen molar-refractivity contribution in [2.45, 2.75) is 103 Å². The molecular weight excluding hydrogens is 421 g/mol. The van der Waals surface area contributed by atoms with Crippen LogP contribution in [0.4, 0.5) is 0 Å². The van der Waals surface area contributed by atoms with Gasteiger partial charge in [0, 0.05) is 12.0 Å². The molecule has 0 N–H and O–H groups in total. The molecule has 0 heterocycles. The summed E-state index contributed by atoms with van der Waals surface area (Å²) < 4.78 is 25.4. The van der Waals surface area contributed by atoms with Gasteiger partial charge in [0.1, 0.15) is 0 Å². The summed E-state index contributed by atoms with van der Waals surface area (Å²) in [7, 11) is -7.51. The van der Waals surface area contributed by atoms with Crippen LogP contribution >= 0.6 is 0 Å². The molecule has 0 aliphatic heterocycles. The van der Waals surface area contributed by atoms with Crippen molar-refractivity contribution in [3.63, 3.8) is 0 Å². The molecule has 0 aromatic heterocycles. The van der Waals surface area contributed by atoms with Crippen LogP contribution in [-0.2, 0) is 22.5 Å². The second kappa shape index (κ2) is 8.99. The standard InChI is InChI=1S/C19H42O5Si4/c1-25(2,3)21-16-13-15(19(20)24-28(10,11)12)14-17(22-26(4,5)6)18(16)23-27(7,8)9/h13,16-18H,14H2,1-12H3. The molecule has 9 heteroatoms. The topological polar surface area (TPSA) is 54.0 Å². The Morgan fingerprint density at radius 2 is 1.21 bits per heavy atom. The molecule has 0 spiro atoms. The predicted molar refractivity (Wildman–Crippen MR) is 127 cm³/mol. The van der Waals surface area contributed by atoms with Gasteiger partial charge in [0.05, 0.1) is 18.3 Å². The van der Waals surface area contributed by atoms with Gasteiger partial charge in [-0.05, 0) is 84.6 Å². The molecule has 3 atom stereocenters. The highest BCUT2D eigenvalue weighted by atomic mass is 28.4. The van der Waals surface area contributed by atoms with Crippen molar-refractivity contribution in [1.82, 2.24) is 0 Å². The van der Waals surface area contributed by atoms with Crippen LogP contribution in [0.1, 0.15) is 6.42 Å². The van der Waals surface area contributed by atoms with Gasteiger partial charge in [-0.15, -0.1) is 0 Å². The second-order valence-corrected chi connectivity index (χ2v) is 29.4. The SMILES string of the molecule is C[Si](C)(C)OC(=O)C1=CC(O[Si](C)(C)C)C(O[Si](C)(C)C)C(O[Si](C)(C)C)C1. The van der Waals surface area contributed by atoms with Crippen molar-refractivity contribution >= 4 is 39.2 Å². The number of carbonyl (C=O) groups is 1. The molecule has 1 aliphatic rings. The molecule has 0 radical (unpaired) electrons. The van der Waals surface area contributed by atoms with Crippen molar-refractivity contribution in [3.05, 3.63) is 11.6 Å². The van der Waals surface area contributed by atoms with E-state index in [1.807, 2.05) is 25.7 Å². The summed E-state index contributed by atoms with van der Waals surface area (Å²) in [6.45, 7) is 25.6. The summed E-state index contributed by atoms with van der Waals surface area (Å²) in [6.07, 6.45) is 1.82. The van der Waals surface area contributed by atoms with Gasteiger partial charge in [-0.2, -0.15) is 0 Å². The first-order valence-corrected chi connectivity index (χ1v) is 23.9. The first-order chi connectivity index (χ1) is 12.3. The van der Waals surface area contributed by atoms with Gasteiger partial charge < -0.3 is 17.7 Å². The third kappa shape index (κ3) is 10.1. The molecule has 0 fully saturated rings. The van der Waals surface area contributed by atoms with Crippen LogP contribution in [0.2, 0.25) is 78.6 Å². The molecule has 5 nitrogen and oxygen atoms in total. The average molecular weight is 463 g/mol. The van der Waals surface area contributed by atoms with Gasteiger partial charge in [0.15, 0.2) is 25.0 Å². The Morgan fingerprint density at radius 1 is 0.750 bits per heavy atom. The Hall–Kier alpha value is -0.0425. The zero-order chi connectivity index (χ0) is 22.1. The quantitative estimate of drug-likeness (QED) is 0.455. The van der Waals surface area contributed by atoms with Crippen molar-refractivity contribution in [2.75, 3.05) is 0 Å². The van der Waals surface area contributed by atoms with Crippen molar-refractivity contribution in [1.29, 1.82) is 0 Å². The van der Waals surface area contributed by atoms with Crippen LogP contribution < -0.4 is 0 Å². The van der Waals surface area contributed by atoms with E-state index in [-0.39, 0.29) is 24.3 Å². The monoisotopic (exact) mass is 462 g/mol. The molecule has 0 saturated carbocycles. The minimum atomic E-state index is -1.98. The fourth-order valence-electron chi connectivity index (χ4n) is 3.02. The van der Waals surface area contributed by atoms with E-state index in [1.54, 1.807) is 0 Å². The predicted octanol–water partition coefficient (Wildman–Crippen LogP) is 5.35. The lowest BCUT2D eigenvalue weighted by atomic mass is 9.92. The Morgan fingerprint density at radius 3 is 1.61 bits per heavy atom. The fraction of sp³-hybridized carbons (Fsp3) is 0.842. The lowest BCUT2D eigenvalue weighted by molar-refractivity contribution is -0.132. The van der Waals surface area contributed by atoms with Crippen LogP contribution in [0.5, 0.6) is 0 Å². The molecular formula is C19H42O5Si4. The van der Waals surface area contributed by atoms with E-state index in [9.17, 15) is 4.79 Å². The van der Waals surface area contributed by atoms with Crippen LogP contribution in [0.15, 0.2) is 11.6 Å². The molecule has 0 amide bonds. The summed E-state index contributed by atoms with van der Waals surface area (Å²) in [6, 6.07) is 0. The van der Waals surface area contributed by atoms with E-state index in [0.717, 1.165) is 0 Å². The van der Waals surface area contributed by atoms with Gasteiger partial charge in [0.2, 0.25) is 8.32 Å². The minimum Gasteiger partial charge on any atom is -0.517 e. The molecule has 0 aromatic carbocycles. The number of hydrogen-bond donors (Lipinski definition) is 0. The third-order valence-electron chi connectivity index (χ3n) is 3.62. The number of hydrogen-bond acceptors (Lipinski definition) is 5. The molecule has 0 aromatic rings. The lowest BCUT2D eigenvalue weighted by Crippen LogP contribution is -2.54. The van der Waals surface area contributed by atoms with E-state index >= 15 is 0 Å². The molecule has 164 valence electrons. The van der Waals surface area contributed by atoms with Crippen LogP contribution in [0, 0.1) is 0 Å². The molecule has 1 aliphatic carbocycles. The number of rotatable bonds is 8. The van der Waals surface area contributed by atoms with E-state index in [4.69, 9.17) is 17.7 Å². The fourth-order valence-corrected chi connectivity index (χ4v) is 6.96. The summed E-state index contributed by atoms with van der Waals surface area (Å²) in [5.41, 5.74) is 0.671. The molecule has 1 rings (SSSR count). The normalized spacial score (nSPS) is 24.7. The molecule has 3 unspecified atom stereocenters. The summed E-state index contributed by atoms with van der Waals surface area (Å²) in [4.78, 5) is 12.9. The van der Waals surface area contributed by atoms with E-state index in [2.05, 4.69) is 58.9 Å². The lowest BCUT2D eigenvalue weighted by Gasteiger charge is -2.43. The van der Waals surface area contributed by atoms with Crippen molar-refractivity contribution in [2.24, 2.45) is 0 Å². The highest BCUT2D eigenvalue weighted by Crippen LogP contribution is 2.33. The average Bonchev–Trinajstić information content (AvgIpc) is 2.35. The smallest absolute Gasteiger partial charge is 0.320 e. The number of carbonyl (C=O) groups excluding carboxylic acids is 1. The van der Waals surface area contributed by atoms with E-state index < -0.39 is 33.3 Å². The maximum Gasteiger partial charge on any atom is 0.320 e. The largest absolute Gasteiger partial charge is 0.517 e. The Kier molecular flexibility index (Phi) is 8.34. The Bertz CT molecular complexity index is 579. The van der Waals surface area contributed by atoms with E-state index in [1.165, 1.54) is 0 Å². The third-order valence-corrected chi connectivity index (χ3v) is 7.39. The highest BCUT2D eigenvalue weighted by Gasteiger charge is 2.43. The van der Waals surface area contributed by atoms with Gasteiger partial charge in [0.25, 0.3) is 0 Å². The Labute approximate surface area is 176 Å². The van der Waals surface area contributed by atoms with Gasteiger partial charge in [-0.3, -0.25) is 0 Å². The first kappa shape index (κ1) is 26.0. The zero-order valence-corrected chi connectivity index (χ0v) is 24.1. The molecule has 0 saturated heterocycles. The maximum atomic E-state index is 12.9. The maximum absolute atomic E-state index is 12.9. The Balaban J connectivity index is 3.32. The minimum absolute atomic E-state index is 0.186. The van der Waals surface area contributed by atoms with Crippen LogP contribution in [0.25, 0.3) is 0 Å². The van der Waals surface area contributed by atoms with E-state index in [0.29, 0.717) is 12.0 Å². The van der Waals surface area contributed by atoms with Gasteiger partial charge in [-0.1, -0.05) is 0 Å². The van der Waals surface area contributed by atoms with Gasteiger partial charge >= 0.3 is 5.97 Å². The highest BCUT2D eigenvalue weighted by molar-refractivity contribution is 6.71. The second-order valence-electron chi connectivity index (χ2n) is 11.6. The van der Waals surface area contributed by atoms with Crippen molar-refractivity contribution in [3.8, 4) is 0 Å². The summed E-state index contributed by atoms with van der Waals surface area (Å²) in [5, 5.41) is 0. The summed E-state index contributed by atoms with van der Waals surface area (Å²) >= 11 is 0. The zero-order valence-electron chi connectivity index (χ0n) is 20.1. The molecule has 28 heavy (non-hydrogen) atoms. The van der Waals surface area contributed by atoms with Gasteiger partial charge in [-0.25, -0.2) is 4.79 Å². The first-order valence-electron chi connectivity index (χ1n) is 10.2. The van der Waals surface area contributed by atoms with Crippen LogP contribution in [-0.4, -0.2) is 57.6 Å². The van der Waals surface area contributed by atoms with Crippen molar-refractivity contribution < 1.29 is 22.5 Å².